The van der Waals surface area contributed by atoms with E-state index < -0.39 is 12.2 Å². The molecule has 4 N–H and O–H groups in total. The second kappa shape index (κ2) is 3.70. The lowest BCUT2D eigenvalue weighted by Gasteiger charge is -2.40. The summed E-state index contributed by atoms with van der Waals surface area (Å²) in [5.74, 6) is 0.128. The Bertz CT molecular complexity index is 148. The molecular weight excluding hydrogens is 158 g/mol. The molecule has 0 spiro atoms. The van der Waals surface area contributed by atoms with E-state index in [0.29, 0.717) is 0 Å². The maximum Gasteiger partial charge on any atom is 0.108 e. The molecule has 0 radical (unpaired) electrons. The van der Waals surface area contributed by atoms with Gasteiger partial charge in [-0.2, -0.15) is 0 Å². The van der Waals surface area contributed by atoms with Crippen molar-refractivity contribution < 1.29 is 14.9 Å². The van der Waals surface area contributed by atoms with Crippen LogP contribution in [0.3, 0.4) is 0 Å². The Kier molecular flexibility index (Phi) is 3.06. The quantitative estimate of drug-likeness (QED) is 0.482. The molecule has 0 aromatic heterocycles. The lowest BCUT2D eigenvalue weighted by molar-refractivity contribution is -0.158. The van der Waals surface area contributed by atoms with E-state index in [1.54, 1.807) is 0 Å². The summed E-state index contributed by atoms with van der Waals surface area (Å²) in [6.45, 7) is 3.66. The zero-order valence-corrected chi connectivity index (χ0v) is 7.47. The summed E-state index contributed by atoms with van der Waals surface area (Å²) in [5.41, 5.74) is 5.74. The van der Waals surface area contributed by atoms with E-state index in [9.17, 15) is 5.11 Å². The molecule has 4 nitrogen and oxygen atoms in total. The van der Waals surface area contributed by atoms with E-state index >= 15 is 0 Å². The lowest BCUT2D eigenvalue weighted by Crippen LogP contribution is -2.57. The fourth-order valence-electron chi connectivity index (χ4n) is 1.50. The van der Waals surface area contributed by atoms with Crippen LogP contribution in [0.15, 0.2) is 0 Å². The van der Waals surface area contributed by atoms with Gasteiger partial charge in [0.05, 0.1) is 18.8 Å². The van der Waals surface area contributed by atoms with E-state index in [1.165, 1.54) is 0 Å². The molecule has 1 fully saturated rings. The minimum Gasteiger partial charge on any atom is -0.394 e. The molecule has 3 unspecified atom stereocenters. The second-order valence-electron chi connectivity index (χ2n) is 3.49. The lowest BCUT2D eigenvalue weighted by atomic mass is 9.87. The molecule has 4 heteroatoms. The van der Waals surface area contributed by atoms with Gasteiger partial charge in [0.25, 0.3) is 0 Å². The summed E-state index contributed by atoms with van der Waals surface area (Å²) in [7, 11) is 0. The van der Waals surface area contributed by atoms with Crippen molar-refractivity contribution in [2.45, 2.75) is 38.2 Å². The first kappa shape index (κ1) is 9.92. The van der Waals surface area contributed by atoms with E-state index in [-0.39, 0.29) is 24.7 Å². The summed E-state index contributed by atoms with van der Waals surface area (Å²) in [6, 6.07) is -0.300. The number of hydrogen-bond donors (Lipinski definition) is 3. The molecule has 12 heavy (non-hydrogen) atoms. The molecule has 1 aliphatic rings. The van der Waals surface area contributed by atoms with E-state index in [2.05, 4.69) is 0 Å². The Morgan fingerprint density at radius 3 is 2.50 bits per heavy atom. The molecule has 0 aliphatic carbocycles. The summed E-state index contributed by atoms with van der Waals surface area (Å²) < 4.78 is 5.35. The van der Waals surface area contributed by atoms with Crippen LogP contribution in [0.2, 0.25) is 0 Å². The predicted octanol–water partition coefficient (Wildman–Crippen LogP) is -0.910. The van der Waals surface area contributed by atoms with Gasteiger partial charge in [-0.25, -0.2) is 0 Å². The molecule has 72 valence electrons. The smallest absolute Gasteiger partial charge is 0.108 e. The van der Waals surface area contributed by atoms with Crippen molar-refractivity contribution in [3.05, 3.63) is 0 Å². The van der Waals surface area contributed by atoms with Gasteiger partial charge in [-0.3, -0.25) is 0 Å². The van der Waals surface area contributed by atoms with Gasteiger partial charge in [-0.1, -0.05) is 6.92 Å². The van der Waals surface area contributed by atoms with Gasteiger partial charge >= 0.3 is 0 Å². The number of aliphatic hydroxyl groups is 2. The van der Waals surface area contributed by atoms with Crippen LogP contribution < -0.4 is 5.73 Å². The fourth-order valence-corrected chi connectivity index (χ4v) is 1.50. The van der Waals surface area contributed by atoms with Gasteiger partial charge in [-0.05, 0) is 12.8 Å². The van der Waals surface area contributed by atoms with Crippen molar-refractivity contribution in [2.24, 2.45) is 11.7 Å². The Hall–Kier alpha value is -0.160. The Morgan fingerprint density at radius 2 is 2.00 bits per heavy atom. The van der Waals surface area contributed by atoms with Crippen LogP contribution in [0, 0.1) is 5.92 Å². The first-order valence-electron chi connectivity index (χ1n) is 4.28. The number of rotatable bonds is 1. The van der Waals surface area contributed by atoms with Crippen LogP contribution in [0.4, 0.5) is 0 Å². The first-order valence-corrected chi connectivity index (χ1v) is 4.28. The largest absolute Gasteiger partial charge is 0.394 e. The summed E-state index contributed by atoms with van der Waals surface area (Å²) in [5, 5.41) is 18.4. The van der Waals surface area contributed by atoms with Gasteiger partial charge in [0.1, 0.15) is 6.10 Å². The van der Waals surface area contributed by atoms with Crippen molar-refractivity contribution in [2.75, 3.05) is 6.61 Å². The highest BCUT2D eigenvalue weighted by Crippen LogP contribution is 2.23. The van der Waals surface area contributed by atoms with Crippen LogP contribution >= 0.6 is 0 Å². The third-order valence-corrected chi connectivity index (χ3v) is 2.69. The van der Waals surface area contributed by atoms with Crippen LogP contribution in [0.25, 0.3) is 0 Å². The van der Waals surface area contributed by atoms with E-state index in [1.807, 2.05) is 13.8 Å². The monoisotopic (exact) mass is 175 g/mol. The standard InChI is InChI=1S/C8H17NO3/c1-4-5(2)12-6(3-10)8(11)7(4)9/h4-8,10-11H,3,9H2,1-2H3/t4?,5-,6?,7?,8-/m1/s1. The van der Waals surface area contributed by atoms with Crippen molar-refractivity contribution >= 4 is 0 Å². The van der Waals surface area contributed by atoms with E-state index in [4.69, 9.17) is 15.6 Å². The molecule has 1 rings (SSSR count). The molecule has 5 atom stereocenters. The fraction of sp³-hybridized carbons (Fsp3) is 1.00. The molecular formula is C8H17NO3. The zero-order valence-electron chi connectivity index (χ0n) is 7.47. The molecule has 0 aromatic rings. The van der Waals surface area contributed by atoms with Crippen molar-refractivity contribution in [3.8, 4) is 0 Å². The highest BCUT2D eigenvalue weighted by Gasteiger charge is 2.38. The van der Waals surface area contributed by atoms with Crippen LogP contribution in [-0.4, -0.2) is 41.2 Å². The minimum absolute atomic E-state index is 0.000509. The Labute approximate surface area is 72.3 Å². The topological polar surface area (TPSA) is 75.7 Å². The SMILES string of the molecule is CC1C(N)[C@H](O)C(CO)O[C@@H]1C. The molecule has 0 amide bonds. The average molecular weight is 175 g/mol. The van der Waals surface area contributed by atoms with Crippen molar-refractivity contribution in [1.82, 2.24) is 0 Å². The number of nitrogens with two attached hydrogens (primary N) is 1. The van der Waals surface area contributed by atoms with Gasteiger partial charge in [-0.15, -0.1) is 0 Å². The highest BCUT2D eigenvalue weighted by molar-refractivity contribution is 4.90. The molecule has 0 bridgehead atoms. The van der Waals surface area contributed by atoms with Crippen LogP contribution in [0.1, 0.15) is 13.8 Å². The van der Waals surface area contributed by atoms with Crippen LogP contribution in [0.5, 0.6) is 0 Å². The van der Waals surface area contributed by atoms with Crippen molar-refractivity contribution in [3.63, 3.8) is 0 Å². The third kappa shape index (κ3) is 1.61. The second-order valence-corrected chi connectivity index (χ2v) is 3.49. The maximum absolute atomic E-state index is 9.52. The molecule has 1 aliphatic heterocycles. The van der Waals surface area contributed by atoms with Gasteiger partial charge in [0, 0.05) is 6.04 Å². The Morgan fingerprint density at radius 1 is 1.42 bits per heavy atom. The summed E-state index contributed by atoms with van der Waals surface area (Å²) in [6.07, 6.45) is -1.27. The molecule has 0 aromatic carbocycles. The average Bonchev–Trinajstić information content (AvgIpc) is 2.08. The summed E-state index contributed by atoms with van der Waals surface area (Å²) >= 11 is 0. The minimum atomic E-state index is -0.749. The predicted molar refractivity (Wildman–Crippen MR) is 44.6 cm³/mol. The number of ether oxygens (including phenoxy) is 1. The number of aliphatic hydroxyl groups excluding tert-OH is 2. The molecule has 1 heterocycles. The van der Waals surface area contributed by atoms with Gasteiger partial charge in [0.2, 0.25) is 0 Å². The maximum atomic E-state index is 9.52. The Balaban J connectivity index is 2.63. The van der Waals surface area contributed by atoms with Gasteiger partial charge in [0.15, 0.2) is 0 Å². The summed E-state index contributed by atoms with van der Waals surface area (Å²) in [4.78, 5) is 0. The van der Waals surface area contributed by atoms with Crippen molar-refractivity contribution in [1.29, 1.82) is 0 Å². The highest BCUT2D eigenvalue weighted by atomic mass is 16.5. The first-order chi connectivity index (χ1) is 5.57. The normalized spacial score (nSPS) is 49.2. The van der Waals surface area contributed by atoms with E-state index in [0.717, 1.165) is 0 Å². The van der Waals surface area contributed by atoms with Gasteiger partial charge < -0.3 is 20.7 Å². The number of hydrogen-bond acceptors (Lipinski definition) is 4. The zero-order chi connectivity index (χ0) is 9.30. The third-order valence-electron chi connectivity index (χ3n) is 2.69. The molecule has 0 saturated carbocycles. The van der Waals surface area contributed by atoms with Crippen LogP contribution in [-0.2, 0) is 4.74 Å². The molecule has 1 saturated heterocycles.